The molecular formula is C22H25F3N4O2. The Balaban J connectivity index is 1.71. The first kappa shape index (κ1) is 21.5. The number of carbonyl (C=O) groups is 1. The smallest absolute Gasteiger partial charge is 0.381 e. The van der Waals surface area contributed by atoms with E-state index < -0.39 is 23.5 Å². The summed E-state index contributed by atoms with van der Waals surface area (Å²) in [6.45, 7) is 4.42. The monoisotopic (exact) mass is 434 g/mol. The zero-order chi connectivity index (χ0) is 22.4. The topological polar surface area (TPSA) is 58.6 Å². The average molecular weight is 434 g/mol. The molecule has 9 heteroatoms. The number of ether oxygens (including phenoxy) is 1. The van der Waals surface area contributed by atoms with Crippen molar-refractivity contribution in [1.82, 2.24) is 9.97 Å². The Hall–Kier alpha value is -2.68. The van der Waals surface area contributed by atoms with Gasteiger partial charge in [-0.25, -0.2) is 9.97 Å². The lowest BCUT2D eigenvalue weighted by molar-refractivity contribution is -0.141. The Morgan fingerprint density at radius 1 is 1.19 bits per heavy atom. The van der Waals surface area contributed by atoms with E-state index in [-0.39, 0.29) is 17.5 Å². The first-order chi connectivity index (χ1) is 14.6. The Morgan fingerprint density at radius 2 is 1.90 bits per heavy atom. The Bertz CT molecular complexity index is 989. The van der Waals surface area contributed by atoms with E-state index in [1.807, 2.05) is 31.2 Å². The number of aryl methyl sites for hydroxylation is 2. The molecule has 2 saturated heterocycles. The molecule has 4 rings (SSSR count). The highest BCUT2D eigenvalue weighted by Crippen LogP contribution is 2.47. The van der Waals surface area contributed by atoms with Crippen molar-refractivity contribution < 1.29 is 22.7 Å². The molecule has 2 fully saturated rings. The Kier molecular flexibility index (Phi) is 5.41. The minimum Gasteiger partial charge on any atom is -0.381 e. The van der Waals surface area contributed by atoms with Gasteiger partial charge in [0, 0.05) is 38.1 Å². The van der Waals surface area contributed by atoms with Crippen LogP contribution in [-0.4, -0.2) is 47.7 Å². The second-order valence-electron chi connectivity index (χ2n) is 8.36. The van der Waals surface area contributed by atoms with E-state index in [2.05, 4.69) is 9.97 Å². The van der Waals surface area contributed by atoms with Gasteiger partial charge < -0.3 is 14.5 Å². The predicted molar refractivity (Wildman–Crippen MR) is 110 cm³/mol. The molecule has 2 aromatic rings. The van der Waals surface area contributed by atoms with Crippen LogP contribution in [0.15, 0.2) is 30.3 Å². The summed E-state index contributed by atoms with van der Waals surface area (Å²) in [5, 5.41) is 0. The molecule has 6 nitrogen and oxygen atoms in total. The van der Waals surface area contributed by atoms with Gasteiger partial charge in [0.1, 0.15) is 11.7 Å². The van der Waals surface area contributed by atoms with Gasteiger partial charge in [0.2, 0.25) is 11.9 Å². The van der Waals surface area contributed by atoms with Gasteiger partial charge >= 0.3 is 6.18 Å². The minimum absolute atomic E-state index is 0.0449. The number of anilines is 2. The molecule has 0 radical (unpaired) electrons. The van der Waals surface area contributed by atoms with Crippen molar-refractivity contribution >= 4 is 17.5 Å². The van der Waals surface area contributed by atoms with Crippen molar-refractivity contribution in [2.75, 3.05) is 30.1 Å². The molecule has 0 saturated carbocycles. The summed E-state index contributed by atoms with van der Waals surface area (Å²) >= 11 is 0. The van der Waals surface area contributed by atoms with Crippen LogP contribution in [0.25, 0.3) is 0 Å². The summed E-state index contributed by atoms with van der Waals surface area (Å²) in [7, 11) is 1.68. The van der Waals surface area contributed by atoms with Gasteiger partial charge in [-0.15, -0.1) is 0 Å². The molecule has 1 unspecified atom stereocenters. The first-order valence-electron chi connectivity index (χ1n) is 10.2. The van der Waals surface area contributed by atoms with Gasteiger partial charge in [0.05, 0.1) is 5.54 Å². The molecule has 0 N–H and O–H groups in total. The Labute approximate surface area is 179 Å². The van der Waals surface area contributed by atoms with Gasteiger partial charge in [0.25, 0.3) is 0 Å². The van der Waals surface area contributed by atoms with E-state index in [1.165, 1.54) is 6.92 Å². The van der Waals surface area contributed by atoms with E-state index >= 15 is 0 Å². The molecule has 3 heterocycles. The predicted octanol–water partition coefficient (Wildman–Crippen LogP) is 3.90. The maximum Gasteiger partial charge on any atom is 0.433 e. The lowest BCUT2D eigenvalue weighted by Gasteiger charge is -2.59. The minimum atomic E-state index is -4.59. The largest absolute Gasteiger partial charge is 0.433 e. The van der Waals surface area contributed by atoms with Crippen LogP contribution in [0.3, 0.4) is 0 Å². The van der Waals surface area contributed by atoms with E-state index in [0.717, 1.165) is 17.3 Å². The molecule has 2 aliphatic rings. The fourth-order valence-corrected chi connectivity index (χ4v) is 4.51. The van der Waals surface area contributed by atoms with Crippen LogP contribution >= 0.6 is 0 Å². The van der Waals surface area contributed by atoms with Crippen LogP contribution in [0.1, 0.15) is 36.2 Å². The maximum absolute atomic E-state index is 13.4. The fourth-order valence-electron chi connectivity index (χ4n) is 4.51. The first-order valence-corrected chi connectivity index (χ1v) is 10.2. The molecular weight excluding hydrogens is 409 g/mol. The standard InChI is InChI=1S/C22H25F3N4O2/c1-14-5-4-6-16(11-14)28(3)19(30)17-13-21(7-9-31-10-8-21)29(17)20-26-15(2)12-18(27-20)22(23,24)25/h4-6,11-12,17H,7-10,13H2,1-3H3. The van der Waals surface area contributed by atoms with Gasteiger partial charge in [-0.05, 0) is 50.5 Å². The number of amides is 1. The third-order valence-electron chi connectivity index (χ3n) is 6.17. The summed E-state index contributed by atoms with van der Waals surface area (Å²) in [6, 6.07) is 7.83. The summed E-state index contributed by atoms with van der Waals surface area (Å²) in [5.41, 5.74) is 0.495. The van der Waals surface area contributed by atoms with Gasteiger partial charge in [0.15, 0.2) is 0 Å². The van der Waals surface area contributed by atoms with Crippen molar-refractivity contribution in [3.05, 3.63) is 47.3 Å². The van der Waals surface area contributed by atoms with Gasteiger partial charge in [-0.3, -0.25) is 4.79 Å². The quantitative estimate of drug-likeness (QED) is 0.733. The van der Waals surface area contributed by atoms with E-state index in [1.54, 1.807) is 16.8 Å². The second-order valence-corrected chi connectivity index (χ2v) is 8.36. The van der Waals surface area contributed by atoms with Crippen molar-refractivity contribution in [1.29, 1.82) is 0 Å². The third kappa shape index (κ3) is 3.98. The molecule has 31 heavy (non-hydrogen) atoms. The number of hydrogen-bond donors (Lipinski definition) is 0. The number of likely N-dealkylation sites (N-methyl/N-ethyl adjacent to an activating group) is 1. The van der Waals surface area contributed by atoms with Crippen molar-refractivity contribution in [2.24, 2.45) is 0 Å². The van der Waals surface area contributed by atoms with E-state index in [0.29, 0.717) is 32.5 Å². The number of alkyl halides is 3. The molecule has 0 bridgehead atoms. The molecule has 1 spiro atoms. The van der Waals surface area contributed by atoms with Crippen LogP contribution in [0.4, 0.5) is 24.8 Å². The van der Waals surface area contributed by atoms with Crippen molar-refractivity contribution in [3.63, 3.8) is 0 Å². The summed E-state index contributed by atoms with van der Waals surface area (Å²) in [6.07, 6.45) is -2.83. The average Bonchev–Trinajstić information content (AvgIpc) is 2.70. The summed E-state index contributed by atoms with van der Waals surface area (Å²) in [5.74, 6) is -0.238. The lowest BCUT2D eigenvalue weighted by atomic mass is 9.72. The normalized spacial score (nSPS) is 20.5. The summed E-state index contributed by atoms with van der Waals surface area (Å²) in [4.78, 5) is 24.8. The fraction of sp³-hybridized carbons (Fsp3) is 0.500. The SMILES string of the molecule is Cc1cccc(N(C)C(=O)C2CC3(CCOCC3)N2c2nc(C)cc(C(F)(F)F)n2)c1. The number of nitrogens with zero attached hydrogens (tertiary/aromatic N) is 4. The zero-order valence-electron chi connectivity index (χ0n) is 17.7. The maximum atomic E-state index is 13.4. The van der Waals surface area contributed by atoms with Crippen molar-refractivity contribution in [2.45, 2.75) is 50.9 Å². The second kappa shape index (κ2) is 7.78. The summed E-state index contributed by atoms with van der Waals surface area (Å²) < 4.78 is 45.7. The lowest BCUT2D eigenvalue weighted by Crippen LogP contribution is -2.72. The zero-order valence-corrected chi connectivity index (χ0v) is 17.7. The van der Waals surface area contributed by atoms with E-state index in [9.17, 15) is 18.0 Å². The van der Waals surface area contributed by atoms with Gasteiger partial charge in [-0.1, -0.05) is 12.1 Å². The molecule has 166 valence electrons. The highest BCUT2D eigenvalue weighted by molar-refractivity contribution is 6.00. The Morgan fingerprint density at radius 3 is 2.55 bits per heavy atom. The number of carbonyl (C=O) groups excluding carboxylic acids is 1. The number of hydrogen-bond acceptors (Lipinski definition) is 5. The van der Waals surface area contributed by atoms with Crippen LogP contribution in [0, 0.1) is 13.8 Å². The highest BCUT2D eigenvalue weighted by Gasteiger charge is 2.57. The molecule has 2 aliphatic heterocycles. The molecule has 1 aromatic heterocycles. The molecule has 1 aromatic carbocycles. The highest BCUT2D eigenvalue weighted by atomic mass is 19.4. The third-order valence-corrected chi connectivity index (χ3v) is 6.17. The van der Waals surface area contributed by atoms with Crippen LogP contribution < -0.4 is 9.80 Å². The van der Waals surface area contributed by atoms with Gasteiger partial charge in [-0.2, -0.15) is 13.2 Å². The number of aromatic nitrogens is 2. The van der Waals surface area contributed by atoms with Crippen LogP contribution in [-0.2, 0) is 15.7 Å². The van der Waals surface area contributed by atoms with E-state index in [4.69, 9.17) is 4.74 Å². The molecule has 0 aliphatic carbocycles. The number of halogens is 3. The van der Waals surface area contributed by atoms with Crippen LogP contribution in [0.5, 0.6) is 0 Å². The van der Waals surface area contributed by atoms with Crippen LogP contribution in [0.2, 0.25) is 0 Å². The number of rotatable bonds is 3. The van der Waals surface area contributed by atoms with Crippen molar-refractivity contribution in [3.8, 4) is 0 Å². The number of benzene rings is 1. The molecule has 1 atom stereocenters. The molecule has 1 amide bonds.